The summed E-state index contributed by atoms with van der Waals surface area (Å²) in [6.07, 6.45) is 3.59. The summed E-state index contributed by atoms with van der Waals surface area (Å²) in [5.41, 5.74) is 2.06. The Kier molecular flexibility index (Phi) is 7.61. The van der Waals surface area contributed by atoms with Crippen LogP contribution in [0.1, 0.15) is 50.5 Å². The highest BCUT2D eigenvalue weighted by atomic mass is 19.1. The van der Waals surface area contributed by atoms with Gasteiger partial charge in [0.05, 0.1) is 23.4 Å². The van der Waals surface area contributed by atoms with Crippen LogP contribution >= 0.6 is 0 Å². The number of anilines is 1. The van der Waals surface area contributed by atoms with Gasteiger partial charge < -0.3 is 16.0 Å². The van der Waals surface area contributed by atoms with Crippen molar-refractivity contribution < 1.29 is 9.18 Å². The quantitative estimate of drug-likeness (QED) is 0.459. The molecule has 3 aromatic heterocycles. The van der Waals surface area contributed by atoms with Crippen LogP contribution in [0.5, 0.6) is 0 Å². The average Bonchev–Trinajstić information content (AvgIpc) is 3.19. The molecule has 3 N–H and O–H groups in total. The van der Waals surface area contributed by atoms with Gasteiger partial charge in [-0.25, -0.2) is 14.4 Å². The number of nitrogens with zero attached hydrogens (tertiary/aromatic N) is 4. The molecular weight excluding hydrogens is 421 g/mol. The molecule has 3 rings (SSSR count). The molecule has 0 saturated heterocycles. The minimum Gasteiger partial charge on any atom is -0.382 e. The van der Waals surface area contributed by atoms with Gasteiger partial charge >= 0.3 is 0 Å². The van der Waals surface area contributed by atoms with E-state index in [1.54, 1.807) is 23.6 Å². The second-order valence-corrected chi connectivity index (χ2v) is 8.66. The highest BCUT2D eigenvalue weighted by Gasteiger charge is 2.20. The number of alkyl halides is 1. The van der Waals surface area contributed by atoms with Crippen molar-refractivity contribution in [1.29, 1.82) is 5.26 Å². The molecule has 0 saturated carbocycles. The molecule has 0 radical (unpaired) electrons. The van der Waals surface area contributed by atoms with Crippen LogP contribution in [0, 0.1) is 11.3 Å². The molecular formula is C24H30FN7O. The highest BCUT2D eigenvalue weighted by molar-refractivity contribution is 5.99. The molecule has 9 heteroatoms. The van der Waals surface area contributed by atoms with Gasteiger partial charge in [-0.3, -0.25) is 9.36 Å². The lowest BCUT2D eigenvalue weighted by Gasteiger charge is -2.21. The van der Waals surface area contributed by atoms with Crippen molar-refractivity contribution >= 4 is 22.6 Å². The summed E-state index contributed by atoms with van der Waals surface area (Å²) in [6, 6.07) is 7.30. The molecule has 3 heterocycles. The molecule has 174 valence electrons. The van der Waals surface area contributed by atoms with E-state index in [1.807, 2.05) is 40.0 Å². The van der Waals surface area contributed by atoms with Gasteiger partial charge in [0.1, 0.15) is 23.7 Å². The fraction of sp³-hybridized carbons (Fsp3) is 0.417. The van der Waals surface area contributed by atoms with E-state index in [-0.39, 0.29) is 24.7 Å². The van der Waals surface area contributed by atoms with Gasteiger partial charge in [0.25, 0.3) is 5.91 Å². The molecule has 0 aromatic carbocycles. The maximum absolute atomic E-state index is 14.5. The summed E-state index contributed by atoms with van der Waals surface area (Å²) in [6.45, 7) is 9.49. The summed E-state index contributed by atoms with van der Waals surface area (Å²) in [7, 11) is 0. The summed E-state index contributed by atoms with van der Waals surface area (Å²) in [4.78, 5) is 21.7. The molecule has 33 heavy (non-hydrogen) atoms. The fourth-order valence-corrected chi connectivity index (χ4v) is 3.55. The Balaban J connectivity index is 1.85. The van der Waals surface area contributed by atoms with Crippen molar-refractivity contribution in [2.45, 2.75) is 58.9 Å². The predicted molar refractivity (Wildman–Crippen MR) is 127 cm³/mol. The smallest absolute Gasteiger partial charge is 0.255 e. The standard InChI is InChI=1S/C24H30FN7O/c1-14(2)30-16(5)20(25)13-29-24(33)19-12-27-22(9-21(19)31-15(3)4)32-7-6-18-8-17(10-26)11-28-23(18)32/h6-9,11-12,14-16,20,30H,13H2,1-5H3,(H,27,31)(H,29,33)/t16?,20-/m1/s1. The molecule has 0 fully saturated rings. The summed E-state index contributed by atoms with van der Waals surface area (Å²) >= 11 is 0. The van der Waals surface area contributed by atoms with Gasteiger partial charge in [-0.05, 0) is 32.9 Å². The number of nitriles is 1. The number of aromatic nitrogens is 3. The number of rotatable bonds is 9. The van der Waals surface area contributed by atoms with E-state index in [2.05, 4.69) is 32.0 Å². The Morgan fingerprint density at radius 3 is 2.58 bits per heavy atom. The summed E-state index contributed by atoms with van der Waals surface area (Å²) in [5.74, 6) is 0.172. The third-order valence-electron chi connectivity index (χ3n) is 5.08. The van der Waals surface area contributed by atoms with Gasteiger partial charge in [-0.2, -0.15) is 5.26 Å². The van der Waals surface area contributed by atoms with E-state index in [4.69, 9.17) is 5.26 Å². The lowest BCUT2D eigenvalue weighted by Crippen LogP contribution is -2.44. The Labute approximate surface area is 193 Å². The molecule has 1 unspecified atom stereocenters. The topological polar surface area (TPSA) is 108 Å². The van der Waals surface area contributed by atoms with Crippen LogP contribution in [0.15, 0.2) is 36.8 Å². The van der Waals surface area contributed by atoms with Crippen LogP contribution in [-0.4, -0.2) is 51.3 Å². The summed E-state index contributed by atoms with van der Waals surface area (Å²) < 4.78 is 16.2. The lowest BCUT2D eigenvalue weighted by atomic mass is 10.1. The minimum absolute atomic E-state index is 0.0636. The van der Waals surface area contributed by atoms with Crippen molar-refractivity contribution in [2.75, 3.05) is 11.9 Å². The summed E-state index contributed by atoms with van der Waals surface area (Å²) in [5, 5.41) is 19.0. The Bertz CT molecular complexity index is 1170. The highest BCUT2D eigenvalue weighted by Crippen LogP contribution is 2.23. The van der Waals surface area contributed by atoms with E-state index < -0.39 is 12.1 Å². The van der Waals surface area contributed by atoms with Crippen LogP contribution in [0.3, 0.4) is 0 Å². The zero-order valence-electron chi connectivity index (χ0n) is 19.6. The number of nitrogens with one attached hydrogen (secondary N) is 3. The molecule has 1 amide bonds. The van der Waals surface area contributed by atoms with Crippen LogP contribution in [-0.2, 0) is 0 Å². The van der Waals surface area contributed by atoms with Crippen molar-refractivity contribution in [3.05, 3.63) is 47.9 Å². The molecule has 0 aliphatic heterocycles. The van der Waals surface area contributed by atoms with Gasteiger partial charge in [0, 0.05) is 48.2 Å². The molecule has 3 aromatic rings. The first-order valence-electron chi connectivity index (χ1n) is 11.0. The van der Waals surface area contributed by atoms with Gasteiger partial charge in [-0.15, -0.1) is 0 Å². The van der Waals surface area contributed by atoms with Crippen molar-refractivity contribution in [2.24, 2.45) is 0 Å². The lowest BCUT2D eigenvalue weighted by molar-refractivity contribution is 0.0936. The van der Waals surface area contributed by atoms with Gasteiger partial charge in [0.2, 0.25) is 0 Å². The number of pyridine rings is 2. The molecule has 0 aliphatic carbocycles. The zero-order valence-corrected chi connectivity index (χ0v) is 19.6. The first kappa shape index (κ1) is 24.1. The van der Waals surface area contributed by atoms with E-state index in [9.17, 15) is 9.18 Å². The first-order valence-corrected chi connectivity index (χ1v) is 11.0. The third-order valence-corrected chi connectivity index (χ3v) is 5.08. The molecule has 8 nitrogen and oxygen atoms in total. The molecule has 0 aliphatic rings. The minimum atomic E-state index is -1.22. The molecule has 0 bridgehead atoms. The Morgan fingerprint density at radius 2 is 1.91 bits per heavy atom. The maximum Gasteiger partial charge on any atom is 0.255 e. The van der Waals surface area contributed by atoms with E-state index in [1.165, 1.54) is 12.4 Å². The number of hydrogen-bond donors (Lipinski definition) is 3. The number of amides is 1. The van der Waals surface area contributed by atoms with Crippen LogP contribution in [0.4, 0.5) is 10.1 Å². The van der Waals surface area contributed by atoms with Crippen LogP contribution in [0.2, 0.25) is 0 Å². The number of hydrogen-bond acceptors (Lipinski definition) is 6. The van der Waals surface area contributed by atoms with Gasteiger partial charge in [0.15, 0.2) is 0 Å². The largest absolute Gasteiger partial charge is 0.382 e. The van der Waals surface area contributed by atoms with Crippen molar-refractivity contribution in [1.82, 2.24) is 25.2 Å². The van der Waals surface area contributed by atoms with E-state index in [0.717, 1.165) is 5.39 Å². The van der Waals surface area contributed by atoms with Crippen LogP contribution < -0.4 is 16.0 Å². The molecule has 0 spiro atoms. The van der Waals surface area contributed by atoms with E-state index >= 15 is 0 Å². The maximum atomic E-state index is 14.5. The Morgan fingerprint density at radius 1 is 1.15 bits per heavy atom. The number of halogens is 1. The second-order valence-electron chi connectivity index (χ2n) is 8.66. The SMILES string of the molecule is CC(C)Nc1cc(-n2ccc3cc(C#N)cnc32)ncc1C(=O)NC[C@@H](F)C(C)NC(C)C. The number of fused-ring (bicyclic) bond motifs is 1. The fourth-order valence-electron chi connectivity index (χ4n) is 3.55. The van der Waals surface area contributed by atoms with Crippen molar-refractivity contribution in [3.63, 3.8) is 0 Å². The monoisotopic (exact) mass is 451 g/mol. The van der Waals surface area contributed by atoms with Crippen molar-refractivity contribution in [3.8, 4) is 11.9 Å². The van der Waals surface area contributed by atoms with Crippen LogP contribution in [0.25, 0.3) is 16.9 Å². The predicted octanol–water partition coefficient (Wildman–Crippen LogP) is 3.57. The molecule has 2 atom stereocenters. The number of carbonyl (C=O) groups is 1. The number of carbonyl (C=O) groups excluding carboxylic acids is 1. The average molecular weight is 452 g/mol. The Hall–Kier alpha value is -3.51. The van der Waals surface area contributed by atoms with E-state index in [0.29, 0.717) is 28.3 Å². The zero-order chi connectivity index (χ0) is 24.1. The third kappa shape index (κ3) is 5.84. The normalized spacial score (nSPS) is 13.2. The van der Waals surface area contributed by atoms with Gasteiger partial charge in [-0.1, -0.05) is 13.8 Å². The first-order chi connectivity index (χ1) is 15.7. The second kappa shape index (κ2) is 10.4.